The maximum absolute atomic E-state index is 12.3. The molecule has 0 saturated heterocycles. The highest BCUT2D eigenvalue weighted by molar-refractivity contribution is 6.01. The third-order valence-corrected chi connectivity index (χ3v) is 4.68. The summed E-state index contributed by atoms with van der Waals surface area (Å²) in [4.78, 5) is 12.3. The zero-order valence-electron chi connectivity index (χ0n) is 16.2. The van der Waals surface area contributed by atoms with E-state index < -0.39 is 12.1 Å². The normalized spacial score (nSPS) is 16.1. The average Bonchev–Trinajstić information content (AvgIpc) is 2.97. The first-order valence-electron chi connectivity index (χ1n) is 9.11. The molecule has 2 aromatic carbocycles. The summed E-state index contributed by atoms with van der Waals surface area (Å²) in [7, 11) is 1.44. The van der Waals surface area contributed by atoms with Crippen molar-refractivity contribution >= 4 is 11.5 Å². The Bertz CT molecular complexity index is 934. The van der Waals surface area contributed by atoms with Crippen LogP contribution in [-0.2, 0) is 27.1 Å². The van der Waals surface area contributed by atoms with E-state index in [1.165, 1.54) is 12.7 Å². The SMILES string of the molecule is COC1=C(c2ccc(O)cc2)[C@@H](Cc2ccc(O)c(CC=C(C)C)c2)OC1=O. The number of allylic oxidation sites excluding steroid dienone is 2. The van der Waals surface area contributed by atoms with Crippen molar-refractivity contribution in [3.63, 3.8) is 0 Å². The molecule has 2 N–H and O–H groups in total. The molecule has 5 nitrogen and oxygen atoms in total. The lowest BCUT2D eigenvalue weighted by Crippen LogP contribution is -2.15. The van der Waals surface area contributed by atoms with E-state index in [1.54, 1.807) is 30.3 Å². The first-order valence-corrected chi connectivity index (χ1v) is 9.11. The topological polar surface area (TPSA) is 76.0 Å². The van der Waals surface area contributed by atoms with E-state index in [1.807, 2.05) is 26.0 Å². The second-order valence-electron chi connectivity index (χ2n) is 7.04. The highest BCUT2D eigenvalue weighted by Gasteiger charge is 2.36. The minimum atomic E-state index is -0.507. The number of phenols is 2. The van der Waals surface area contributed by atoms with Crippen LogP contribution < -0.4 is 0 Å². The van der Waals surface area contributed by atoms with E-state index in [4.69, 9.17) is 9.47 Å². The number of ether oxygens (including phenoxy) is 2. The largest absolute Gasteiger partial charge is 0.508 e. The molecule has 0 radical (unpaired) electrons. The summed E-state index contributed by atoms with van der Waals surface area (Å²) in [5, 5.41) is 19.7. The van der Waals surface area contributed by atoms with Crippen molar-refractivity contribution in [2.45, 2.75) is 32.8 Å². The first kappa shape index (κ1) is 19.5. The van der Waals surface area contributed by atoms with Gasteiger partial charge in [-0.15, -0.1) is 0 Å². The van der Waals surface area contributed by atoms with Gasteiger partial charge in [-0.1, -0.05) is 35.9 Å². The molecule has 1 aliphatic rings. The van der Waals surface area contributed by atoms with Gasteiger partial charge in [0, 0.05) is 12.0 Å². The quantitative estimate of drug-likeness (QED) is 0.582. The Morgan fingerprint density at radius 2 is 1.86 bits per heavy atom. The van der Waals surface area contributed by atoms with Crippen LogP contribution in [0, 0.1) is 0 Å². The van der Waals surface area contributed by atoms with Crippen molar-refractivity contribution in [3.8, 4) is 11.5 Å². The van der Waals surface area contributed by atoms with Gasteiger partial charge in [0.25, 0.3) is 0 Å². The smallest absolute Gasteiger partial charge is 0.374 e. The number of carbonyl (C=O) groups excluding carboxylic acids is 1. The maximum atomic E-state index is 12.3. The fraction of sp³-hybridized carbons (Fsp3) is 0.261. The number of phenolic OH excluding ortho intramolecular Hbond substituents is 2. The summed E-state index contributed by atoms with van der Waals surface area (Å²) >= 11 is 0. The van der Waals surface area contributed by atoms with Gasteiger partial charge in [0.1, 0.15) is 17.6 Å². The molecule has 1 atom stereocenters. The Balaban J connectivity index is 1.92. The fourth-order valence-electron chi connectivity index (χ4n) is 3.25. The summed E-state index contributed by atoms with van der Waals surface area (Å²) in [6, 6.07) is 12.0. The van der Waals surface area contributed by atoms with Crippen molar-refractivity contribution < 1.29 is 24.5 Å². The molecule has 1 heterocycles. The molecule has 0 aromatic heterocycles. The van der Waals surface area contributed by atoms with Gasteiger partial charge in [-0.05, 0) is 55.2 Å². The molecule has 0 saturated carbocycles. The minimum Gasteiger partial charge on any atom is -0.508 e. The number of carbonyl (C=O) groups is 1. The van der Waals surface area contributed by atoms with Crippen molar-refractivity contribution in [1.82, 2.24) is 0 Å². The average molecular weight is 380 g/mol. The molecule has 0 fully saturated rings. The minimum absolute atomic E-state index is 0.146. The Hall–Kier alpha value is -3.21. The number of aromatic hydroxyl groups is 2. The van der Waals surface area contributed by atoms with Gasteiger partial charge < -0.3 is 19.7 Å². The van der Waals surface area contributed by atoms with Crippen molar-refractivity contribution in [1.29, 1.82) is 0 Å². The number of methoxy groups -OCH3 is 1. The number of hydrogen-bond acceptors (Lipinski definition) is 5. The van der Waals surface area contributed by atoms with Gasteiger partial charge in [-0.3, -0.25) is 0 Å². The Morgan fingerprint density at radius 3 is 2.50 bits per heavy atom. The van der Waals surface area contributed by atoms with Crippen LogP contribution in [0.15, 0.2) is 59.9 Å². The predicted molar refractivity (Wildman–Crippen MR) is 107 cm³/mol. The molecular weight excluding hydrogens is 356 g/mol. The Labute approximate surface area is 164 Å². The summed E-state index contributed by atoms with van der Waals surface area (Å²) in [5.41, 5.74) is 4.36. The lowest BCUT2D eigenvalue weighted by atomic mass is 9.94. The summed E-state index contributed by atoms with van der Waals surface area (Å²) in [6.07, 6.45) is 2.64. The van der Waals surface area contributed by atoms with Gasteiger partial charge in [0.15, 0.2) is 0 Å². The molecule has 0 amide bonds. The number of hydrogen-bond donors (Lipinski definition) is 2. The highest BCUT2D eigenvalue weighted by atomic mass is 16.6. The zero-order valence-corrected chi connectivity index (χ0v) is 16.2. The molecule has 0 bridgehead atoms. The van der Waals surface area contributed by atoms with Gasteiger partial charge in [0.2, 0.25) is 5.76 Å². The Morgan fingerprint density at radius 1 is 1.14 bits per heavy atom. The van der Waals surface area contributed by atoms with Crippen LogP contribution in [-0.4, -0.2) is 29.4 Å². The van der Waals surface area contributed by atoms with E-state index in [0.29, 0.717) is 18.4 Å². The third-order valence-electron chi connectivity index (χ3n) is 4.68. The Kier molecular flexibility index (Phi) is 5.73. The highest BCUT2D eigenvalue weighted by Crippen LogP contribution is 2.35. The number of rotatable bonds is 6. The van der Waals surface area contributed by atoms with Gasteiger partial charge >= 0.3 is 5.97 Å². The van der Waals surface area contributed by atoms with Crippen LogP contribution in [0.1, 0.15) is 30.5 Å². The fourth-order valence-corrected chi connectivity index (χ4v) is 3.25. The summed E-state index contributed by atoms with van der Waals surface area (Å²) in [5.74, 6) is 0.0717. The van der Waals surface area contributed by atoms with Crippen LogP contribution >= 0.6 is 0 Å². The van der Waals surface area contributed by atoms with E-state index in [2.05, 4.69) is 6.08 Å². The van der Waals surface area contributed by atoms with E-state index in [0.717, 1.165) is 16.7 Å². The van der Waals surface area contributed by atoms with Crippen LogP contribution in [0.5, 0.6) is 11.5 Å². The maximum Gasteiger partial charge on any atom is 0.374 e. The lowest BCUT2D eigenvalue weighted by molar-refractivity contribution is -0.142. The van der Waals surface area contributed by atoms with Gasteiger partial charge in [-0.2, -0.15) is 0 Å². The molecule has 5 heteroatoms. The molecule has 28 heavy (non-hydrogen) atoms. The second-order valence-corrected chi connectivity index (χ2v) is 7.04. The van der Waals surface area contributed by atoms with Gasteiger partial charge in [0.05, 0.1) is 7.11 Å². The number of benzene rings is 2. The van der Waals surface area contributed by atoms with Crippen molar-refractivity contribution in [2.24, 2.45) is 0 Å². The number of esters is 1. The van der Waals surface area contributed by atoms with Crippen LogP contribution in [0.2, 0.25) is 0 Å². The molecule has 1 aliphatic heterocycles. The molecule has 0 aliphatic carbocycles. The number of cyclic esters (lactones) is 1. The van der Waals surface area contributed by atoms with Crippen molar-refractivity contribution in [2.75, 3.05) is 7.11 Å². The van der Waals surface area contributed by atoms with E-state index >= 15 is 0 Å². The first-order chi connectivity index (χ1) is 13.4. The lowest BCUT2D eigenvalue weighted by Gasteiger charge is -2.15. The van der Waals surface area contributed by atoms with Gasteiger partial charge in [-0.25, -0.2) is 4.79 Å². The predicted octanol–water partition coefficient (Wildman–Crippen LogP) is 4.13. The zero-order chi connectivity index (χ0) is 20.3. The monoisotopic (exact) mass is 380 g/mol. The molecule has 146 valence electrons. The second kappa shape index (κ2) is 8.21. The summed E-state index contributed by atoms with van der Waals surface area (Å²) in [6.45, 7) is 4.03. The summed E-state index contributed by atoms with van der Waals surface area (Å²) < 4.78 is 10.9. The molecular formula is C23H24O5. The third kappa shape index (κ3) is 4.19. The van der Waals surface area contributed by atoms with Crippen LogP contribution in [0.25, 0.3) is 5.57 Å². The molecule has 0 unspecified atom stereocenters. The van der Waals surface area contributed by atoms with Crippen LogP contribution in [0.3, 0.4) is 0 Å². The van der Waals surface area contributed by atoms with Crippen LogP contribution in [0.4, 0.5) is 0 Å². The van der Waals surface area contributed by atoms with E-state index in [9.17, 15) is 15.0 Å². The molecule has 2 aromatic rings. The standard InChI is InChI=1S/C23H24O5/c1-14(2)4-6-17-12-15(5-11-19(17)25)13-20-21(22(27-3)23(26)28-20)16-7-9-18(24)10-8-16/h4-5,7-12,20,24-25H,6,13H2,1-3H3/t20-/m1/s1. The molecule has 0 spiro atoms. The molecule has 3 rings (SSSR count). The van der Waals surface area contributed by atoms with Crippen molar-refractivity contribution in [3.05, 3.63) is 76.6 Å². The van der Waals surface area contributed by atoms with E-state index in [-0.39, 0.29) is 17.3 Å².